The summed E-state index contributed by atoms with van der Waals surface area (Å²) in [4.78, 5) is 2.55. The Morgan fingerprint density at radius 3 is 2.33 bits per heavy atom. The van der Waals surface area contributed by atoms with Crippen LogP contribution in [-0.4, -0.2) is 5.21 Å². The van der Waals surface area contributed by atoms with Crippen molar-refractivity contribution in [1.29, 1.82) is 0 Å². The zero-order chi connectivity index (χ0) is 16.7. The summed E-state index contributed by atoms with van der Waals surface area (Å²) >= 11 is 3.61. The Morgan fingerprint density at radius 2 is 1.54 bits per heavy atom. The van der Waals surface area contributed by atoms with Crippen molar-refractivity contribution in [2.24, 2.45) is 0 Å². The molecule has 0 aliphatic rings. The summed E-state index contributed by atoms with van der Waals surface area (Å²) in [6.45, 7) is 4.24. The van der Waals surface area contributed by atoms with E-state index in [-0.39, 0.29) is 6.04 Å². The first-order valence-electron chi connectivity index (χ1n) is 8.07. The maximum atomic E-state index is 9.13. The van der Waals surface area contributed by atoms with Crippen molar-refractivity contribution in [2.45, 2.75) is 25.8 Å². The first-order valence-corrected chi connectivity index (χ1v) is 9.70. The van der Waals surface area contributed by atoms with Crippen LogP contribution in [0.2, 0.25) is 0 Å². The van der Waals surface area contributed by atoms with Gasteiger partial charge in [0.1, 0.15) is 0 Å². The van der Waals surface area contributed by atoms with Gasteiger partial charge in [-0.1, -0.05) is 31.2 Å². The smallest absolute Gasteiger partial charge is 0.0634 e. The molecule has 0 saturated heterocycles. The summed E-state index contributed by atoms with van der Waals surface area (Å²) in [5, 5.41) is 11.7. The lowest BCUT2D eigenvalue weighted by Gasteiger charge is -2.09. The molecule has 0 saturated carbocycles. The first-order chi connectivity index (χ1) is 11.7. The molecular formula is C20H19NOS2. The van der Waals surface area contributed by atoms with Gasteiger partial charge in [0, 0.05) is 25.1 Å². The Morgan fingerprint density at radius 1 is 0.833 bits per heavy atom. The number of hydrogen-bond acceptors (Lipinski definition) is 4. The van der Waals surface area contributed by atoms with Gasteiger partial charge < -0.3 is 5.21 Å². The number of rotatable bonds is 4. The van der Waals surface area contributed by atoms with E-state index in [1.807, 2.05) is 18.3 Å². The fraction of sp³-hybridized carbons (Fsp3) is 0.200. The van der Waals surface area contributed by atoms with Gasteiger partial charge in [0.05, 0.1) is 6.04 Å². The Balaban J connectivity index is 1.72. The van der Waals surface area contributed by atoms with Crippen LogP contribution in [0.1, 0.15) is 41.1 Å². The highest BCUT2D eigenvalue weighted by atomic mass is 32.1. The summed E-state index contributed by atoms with van der Waals surface area (Å²) < 4.78 is 2.61. The van der Waals surface area contributed by atoms with E-state index in [1.54, 1.807) is 11.3 Å². The van der Waals surface area contributed by atoms with Gasteiger partial charge in [0.2, 0.25) is 0 Å². The topological polar surface area (TPSA) is 32.3 Å². The molecule has 0 aliphatic heterocycles. The van der Waals surface area contributed by atoms with Crippen molar-refractivity contribution in [3.8, 4) is 0 Å². The lowest BCUT2D eigenvalue weighted by atomic mass is 9.98. The number of nitrogens with one attached hydrogen (secondary N) is 1. The first kappa shape index (κ1) is 15.8. The van der Waals surface area contributed by atoms with Crippen LogP contribution in [0.25, 0.3) is 20.2 Å². The summed E-state index contributed by atoms with van der Waals surface area (Å²) in [7, 11) is 0. The van der Waals surface area contributed by atoms with Crippen LogP contribution in [-0.2, 0) is 0 Å². The molecule has 2 heterocycles. The van der Waals surface area contributed by atoms with Crippen molar-refractivity contribution in [2.75, 3.05) is 0 Å². The molecule has 4 heteroatoms. The highest BCUT2D eigenvalue weighted by molar-refractivity contribution is 7.19. The summed E-state index contributed by atoms with van der Waals surface area (Å²) in [5.41, 5.74) is 3.67. The molecule has 0 bridgehead atoms. The van der Waals surface area contributed by atoms with E-state index in [0.29, 0.717) is 5.92 Å². The largest absolute Gasteiger partial charge is 0.316 e. The molecule has 2 N–H and O–H groups in total. The van der Waals surface area contributed by atoms with Crippen LogP contribution in [0.4, 0.5) is 0 Å². The van der Waals surface area contributed by atoms with Crippen molar-refractivity contribution in [1.82, 2.24) is 5.48 Å². The van der Waals surface area contributed by atoms with Gasteiger partial charge in [0.15, 0.2) is 0 Å². The summed E-state index contributed by atoms with van der Waals surface area (Å²) in [5.74, 6) is 0.378. The van der Waals surface area contributed by atoms with E-state index in [2.05, 4.69) is 67.0 Å². The number of fused-ring (bicyclic) bond motifs is 2. The van der Waals surface area contributed by atoms with Crippen molar-refractivity contribution >= 4 is 42.8 Å². The zero-order valence-electron chi connectivity index (χ0n) is 13.6. The Hall–Kier alpha value is -1.72. The highest BCUT2D eigenvalue weighted by Gasteiger charge is 2.14. The van der Waals surface area contributed by atoms with Gasteiger partial charge >= 0.3 is 0 Å². The minimum Gasteiger partial charge on any atom is -0.316 e. The van der Waals surface area contributed by atoms with Crippen LogP contribution in [0, 0.1) is 0 Å². The zero-order valence-corrected chi connectivity index (χ0v) is 15.2. The molecule has 4 aromatic rings. The van der Waals surface area contributed by atoms with E-state index < -0.39 is 0 Å². The molecule has 122 valence electrons. The second-order valence-electron chi connectivity index (χ2n) is 6.21. The van der Waals surface area contributed by atoms with Crippen LogP contribution >= 0.6 is 22.7 Å². The summed E-state index contributed by atoms with van der Waals surface area (Å²) in [6.07, 6.45) is 0. The van der Waals surface area contributed by atoms with Gasteiger partial charge in [-0.25, -0.2) is 0 Å². The second-order valence-corrected chi connectivity index (χ2v) is 8.44. The predicted octanol–water partition coefficient (Wildman–Crippen LogP) is 6.31. The number of hydrogen-bond donors (Lipinski definition) is 2. The van der Waals surface area contributed by atoms with E-state index in [0.717, 1.165) is 4.88 Å². The lowest BCUT2D eigenvalue weighted by Crippen LogP contribution is -2.11. The fourth-order valence-corrected chi connectivity index (χ4v) is 5.19. The summed E-state index contributed by atoms with van der Waals surface area (Å²) in [6, 6.07) is 19.7. The maximum absolute atomic E-state index is 9.13. The van der Waals surface area contributed by atoms with Gasteiger partial charge in [-0.15, -0.1) is 22.7 Å². The van der Waals surface area contributed by atoms with Crippen LogP contribution in [0.15, 0.2) is 54.6 Å². The molecule has 2 unspecified atom stereocenters. The molecule has 0 aliphatic carbocycles. The molecule has 2 atom stereocenters. The van der Waals surface area contributed by atoms with Gasteiger partial charge in [-0.2, -0.15) is 5.48 Å². The average Bonchev–Trinajstić information content (AvgIpc) is 3.23. The van der Waals surface area contributed by atoms with Gasteiger partial charge in [-0.3, -0.25) is 0 Å². The Kier molecular flexibility index (Phi) is 4.14. The third-order valence-electron chi connectivity index (χ3n) is 4.55. The quantitative estimate of drug-likeness (QED) is 0.421. The molecule has 0 fully saturated rings. The molecule has 2 nitrogen and oxygen atoms in total. The SMILES string of the molecule is CC(NO)c1cc2cc(C(C)c3cc4ccccc4s3)ccc2s1. The highest BCUT2D eigenvalue weighted by Crippen LogP contribution is 2.37. The number of hydroxylamine groups is 1. The van der Waals surface area contributed by atoms with Crippen LogP contribution in [0.3, 0.4) is 0 Å². The minimum absolute atomic E-state index is 0.0362. The van der Waals surface area contributed by atoms with E-state index >= 15 is 0 Å². The Labute approximate surface area is 149 Å². The fourth-order valence-electron chi connectivity index (χ4n) is 3.01. The van der Waals surface area contributed by atoms with Crippen molar-refractivity contribution in [3.05, 3.63) is 69.9 Å². The third kappa shape index (κ3) is 2.76. The van der Waals surface area contributed by atoms with E-state index in [9.17, 15) is 0 Å². The molecule has 0 spiro atoms. The van der Waals surface area contributed by atoms with Crippen molar-refractivity contribution in [3.63, 3.8) is 0 Å². The van der Waals surface area contributed by atoms with E-state index in [1.165, 1.54) is 30.6 Å². The number of benzene rings is 2. The predicted molar refractivity (Wildman–Crippen MR) is 105 cm³/mol. The monoisotopic (exact) mass is 353 g/mol. The van der Waals surface area contributed by atoms with Crippen LogP contribution < -0.4 is 5.48 Å². The molecule has 4 rings (SSSR count). The normalized spacial score (nSPS) is 14.3. The molecule has 0 amide bonds. The third-order valence-corrected chi connectivity index (χ3v) is 7.15. The molecule has 24 heavy (non-hydrogen) atoms. The molecule has 0 radical (unpaired) electrons. The van der Waals surface area contributed by atoms with Gasteiger partial charge in [-0.05, 0) is 53.6 Å². The van der Waals surface area contributed by atoms with Gasteiger partial charge in [0.25, 0.3) is 0 Å². The number of thiophene rings is 2. The average molecular weight is 354 g/mol. The standard InChI is InChI=1S/C20H19NOS2/c1-12(19-10-15-5-3-4-6-17(15)23-19)14-7-8-18-16(9-14)11-20(24-18)13(2)21-22/h3-13,21-22H,1-2H3. The van der Waals surface area contributed by atoms with Crippen molar-refractivity contribution < 1.29 is 5.21 Å². The van der Waals surface area contributed by atoms with Crippen LogP contribution in [0.5, 0.6) is 0 Å². The maximum Gasteiger partial charge on any atom is 0.0634 e. The lowest BCUT2D eigenvalue weighted by molar-refractivity contribution is 0.135. The molecular weight excluding hydrogens is 334 g/mol. The Bertz CT molecular complexity index is 968. The van der Waals surface area contributed by atoms with E-state index in [4.69, 9.17) is 5.21 Å². The molecule has 2 aromatic carbocycles. The second kappa shape index (κ2) is 6.30. The molecule has 2 aromatic heterocycles. The minimum atomic E-state index is -0.0362.